The minimum atomic E-state index is 0.855. The van der Waals surface area contributed by atoms with Crippen LogP contribution < -0.4 is 0 Å². The number of halogens is 1. The fraction of sp³-hybridized carbons (Fsp3) is 0.739. The van der Waals surface area contributed by atoms with Gasteiger partial charge in [-0.05, 0) is 79.9 Å². The summed E-state index contributed by atoms with van der Waals surface area (Å²) in [6.07, 6.45) is 17.5. The lowest BCUT2D eigenvalue weighted by atomic mass is 9.68. The van der Waals surface area contributed by atoms with Gasteiger partial charge in [0.25, 0.3) is 0 Å². The molecule has 3 rings (SSSR count). The maximum Gasteiger partial charge on any atom is 0.0406 e. The van der Waals surface area contributed by atoms with Crippen LogP contribution in [-0.4, -0.2) is 0 Å². The summed E-state index contributed by atoms with van der Waals surface area (Å²) in [5, 5.41) is 0.855. The summed E-state index contributed by atoms with van der Waals surface area (Å²) < 4.78 is 0. The monoisotopic (exact) mass is 346 g/mol. The van der Waals surface area contributed by atoms with Gasteiger partial charge in [-0.2, -0.15) is 0 Å². The molecule has 1 heteroatoms. The van der Waals surface area contributed by atoms with Crippen molar-refractivity contribution in [2.75, 3.05) is 0 Å². The topological polar surface area (TPSA) is 0 Å². The molecule has 2 aliphatic rings. The van der Waals surface area contributed by atoms with Crippen LogP contribution in [0, 0.1) is 23.7 Å². The molecule has 0 amide bonds. The van der Waals surface area contributed by atoms with E-state index in [9.17, 15) is 0 Å². The Morgan fingerprint density at radius 2 is 1.25 bits per heavy atom. The molecule has 1 aromatic rings. The predicted octanol–water partition coefficient (Wildman–Crippen LogP) is 7.69. The SMILES string of the molecule is CCC[C@H]1CC[C@H]([C@H]2CC[C@H](CCc3ccc(Cl)cc3)CC2)CC1. The average Bonchev–Trinajstić information content (AvgIpc) is 2.63. The molecule has 2 fully saturated rings. The van der Waals surface area contributed by atoms with Gasteiger partial charge in [0, 0.05) is 5.02 Å². The molecule has 2 saturated carbocycles. The van der Waals surface area contributed by atoms with E-state index in [1.54, 1.807) is 0 Å². The highest BCUT2D eigenvalue weighted by atomic mass is 35.5. The van der Waals surface area contributed by atoms with E-state index in [0.29, 0.717) is 0 Å². The van der Waals surface area contributed by atoms with E-state index in [1.165, 1.54) is 82.6 Å². The zero-order valence-electron chi connectivity index (χ0n) is 15.5. The molecular formula is C23H35Cl. The van der Waals surface area contributed by atoms with Crippen molar-refractivity contribution >= 4 is 11.6 Å². The molecule has 0 spiro atoms. The van der Waals surface area contributed by atoms with Gasteiger partial charge in [0.05, 0.1) is 0 Å². The number of benzene rings is 1. The Hall–Kier alpha value is -0.490. The molecule has 0 aromatic heterocycles. The summed E-state index contributed by atoms with van der Waals surface area (Å²) in [6, 6.07) is 8.46. The van der Waals surface area contributed by atoms with Crippen molar-refractivity contribution in [2.24, 2.45) is 23.7 Å². The molecule has 0 aliphatic heterocycles. The van der Waals surface area contributed by atoms with E-state index < -0.39 is 0 Å². The van der Waals surface area contributed by atoms with Crippen LogP contribution in [0.1, 0.15) is 83.1 Å². The van der Waals surface area contributed by atoms with E-state index in [-0.39, 0.29) is 0 Å². The molecule has 0 bridgehead atoms. The van der Waals surface area contributed by atoms with Crippen LogP contribution in [0.5, 0.6) is 0 Å². The molecule has 24 heavy (non-hydrogen) atoms. The van der Waals surface area contributed by atoms with E-state index >= 15 is 0 Å². The quantitative estimate of drug-likeness (QED) is 0.495. The maximum atomic E-state index is 5.98. The van der Waals surface area contributed by atoms with Gasteiger partial charge in [0.15, 0.2) is 0 Å². The second-order valence-corrected chi connectivity index (χ2v) is 8.95. The van der Waals surface area contributed by atoms with Crippen LogP contribution in [0.3, 0.4) is 0 Å². The van der Waals surface area contributed by atoms with Gasteiger partial charge in [-0.3, -0.25) is 0 Å². The second kappa shape index (κ2) is 9.27. The van der Waals surface area contributed by atoms with Gasteiger partial charge in [-0.25, -0.2) is 0 Å². The molecule has 0 heterocycles. The van der Waals surface area contributed by atoms with Gasteiger partial charge in [0.2, 0.25) is 0 Å². The Kier molecular flexibility index (Phi) is 7.07. The highest BCUT2D eigenvalue weighted by Crippen LogP contribution is 2.42. The van der Waals surface area contributed by atoms with Crippen LogP contribution in [-0.2, 0) is 6.42 Å². The van der Waals surface area contributed by atoms with Crippen molar-refractivity contribution in [3.8, 4) is 0 Å². The summed E-state index contributed by atoms with van der Waals surface area (Å²) in [7, 11) is 0. The maximum absolute atomic E-state index is 5.98. The lowest BCUT2D eigenvalue weighted by Crippen LogP contribution is -2.26. The first-order valence-corrected chi connectivity index (χ1v) is 10.9. The standard InChI is InChI=1S/C23H35Cl/c1-2-3-18-6-12-21(13-7-18)22-14-8-19(9-15-22)4-5-20-10-16-23(24)17-11-20/h10-11,16-19,21-22H,2-9,12-15H2,1H3/t18-,19-,21-,22-. The Morgan fingerprint density at radius 1 is 0.750 bits per heavy atom. The van der Waals surface area contributed by atoms with Crippen molar-refractivity contribution in [1.29, 1.82) is 0 Å². The number of hydrogen-bond acceptors (Lipinski definition) is 0. The molecule has 1 aromatic carbocycles. The largest absolute Gasteiger partial charge is 0.0843 e. The van der Waals surface area contributed by atoms with Gasteiger partial charge < -0.3 is 0 Å². The normalized spacial score (nSPS) is 31.1. The molecule has 134 valence electrons. The molecule has 0 atom stereocenters. The fourth-order valence-electron chi connectivity index (χ4n) is 5.33. The second-order valence-electron chi connectivity index (χ2n) is 8.52. The minimum absolute atomic E-state index is 0.855. The van der Waals surface area contributed by atoms with E-state index in [1.807, 2.05) is 12.1 Å². The first-order valence-electron chi connectivity index (χ1n) is 10.5. The molecule has 2 aliphatic carbocycles. The first kappa shape index (κ1) is 18.3. The fourth-order valence-corrected chi connectivity index (χ4v) is 5.45. The average molecular weight is 347 g/mol. The predicted molar refractivity (Wildman–Crippen MR) is 106 cm³/mol. The van der Waals surface area contributed by atoms with E-state index in [2.05, 4.69) is 19.1 Å². The lowest BCUT2D eigenvalue weighted by Gasteiger charge is -2.38. The third-order valence-corrected chi connectivity index (χ3v) is 7.15. The zero-order valence-corrected chi connectivity index (χ0v) is 16.2. The van der Waals surface area contributed by atoms with Crippen LogP contribution in [0.25, 0.3) is 0 Å². The summed E-state index contributed by atoms with van der Waals surface area (Å²) in [4.78, 5) is 0. The summed E-state index contributed by atoms with van der Waals surface area (Å²) in [6.45, 7) is 2.34. The molecule has 0 saturated heterocycles. The van der Waals surface area contributed by atoms with Gasteiger partial charge >= 0.3 is 0 Å². The highest BCUT2D eigenvalue weighted by molar-refractivity contribution is 6.30. The van der Waals surface area contributed by atoms with Crippen molar-refractivity contribution < 1.29 is 0 Å². The number of hydrogen-bond donors (Lipinski definition) is 0. The number of rotatable bonds is 6. The molecular weight excluding hydrogens is 312 g/mol. The Bertz CT molecular complexity index is 461. The van der Waals surface area contributed by atoms with Gasteiger partial charge in [0.1, 0.15) is 0 Å². The van der Waals surface area contributed by atoms with Crippen LogP contribution in [0.4, 0.5) is 0 Å². The Balaban J connectivity index is 1.36. The van der Waals surface area contributed by atoms with E-state index in [0.717, 1.165) is 28.7 Å². The van der Waals surface area contributed by atoms with Crippen LogP contribution in [0.2, 0.25) is 5.02 Å². The van der Waals surface area contributed by atoms with Crippen molar-refractivity contribution in [2.45, 2.75) is 84.0 Å². The van der Waals surface area contributed by atoms with Crippen LogP contribution >= 0.6 is 11.6 Å². The third-order valence-electron chi connectivity index (χ3n) is 6.90. The van der Waals surface area contributed by atoms with Gasteiger partial charge in [-0.15, -0.1) is 0 Å². The highest BCUT2D eigenvalue weighted by Gasteiger charge is 2.30. The summed E-state index contributed by atoms with van der Waals surface area (Å²) in [5.41, 5.74) is 1.45. The third kappa shape index (κ3) is 5.25. The lowest BCUT2D eigenvalue weighted by molar-refractivity contribution is 0.141. The smallest absolute Gasteiger partial charge is 0.0406 e. The first-order chi connectivity index (χ1) is 11.7. The van der Waals surface area contributed by atoms with E-state index in [4.69, 9.17) is 11.6 Å². The van der Waals surface area contributed by atoms with Crippen molar-refractivity contribution in [1.82, 2.24) is 0 Å². The Morgan fingerprint density at radius 3 is 1.75 bits per heavy atom. The summed E-state index contributed by atoms with van der Waals surface area (Å²) >= 11 is 5.98. The molecule has 0 N–H and O–H groups in total. The van der Waals surface area contributed by atoms with Crippen LogP contribution in [0.15, 0.2) is 24.3 Å². The molecule has 0 unspecified atom stereocenters. The van der Waals surface area contributed by atoms with Gasteiger partial charge in [-0.1, -0.05) is 69.2 Å². The molecule has 0 radical (unpaired) electrons. The number of aryl methyl sites for hydroxylation is 1. The summed E-state index contributed by atoms with van der Waals surface area (Å²) in [5.74, 6) is 4.14. The molecule has 0 nitrogen and oxygen atoms in total. The minimum Gasteiger partial charge on any atom is -0.0843 e. The zero-order chi connectivity index (χ0) is 16.8. The van der Waals surface area contributed by atoms with Crippen molar-refractivity contribution in [3.05, 3.63) is 34.9 Å². The van der Waals surface area contributed by atoms with Crippen molar-refractivity contribution in [3.63, 3.8) is 0 Å². The Labute approximate surface area is 154 Å².